The van der Waals surface area contributed by atoms with E-state index in [2.05, 4.69) is 13.8 Å². The van der Waals surface area contributed by atoms with Crippen LogP contribution in [-0.2, 0) is 9.59 Å². The number of hydrogen-bond donors (Lipinski definition) is 2. The van der Waals surface area contributed by atoms with Crippen LogP contribution in [0.25, 0.3) is 0 Å². The van der Waals surface area contributed by atoms with E-state index < -0.39 is 11.9 Å². The van der Waals surface area contributed by atoms with Crippen LogP contribution in [0.1, 0.15) is 79.1 Å². The van der Waals surface area contributed by atoms with Crippen molar-refractivity contribution in [1.29, 1.82) is 0 Å². The minimum Gasteiger partial charge on any atom is -0.481 e. The van der Waals surface area contributed by atoms with Crippen LogP contribution >= 0.6 is 0 Å². The van der Waals surface area contributed by atoms with Gasteiger partial charge >= 0.3 is 11.9 Å². The van der Waals surface area contributed by atoms with Crippen molar-refractivity contribution in [3.05, 3.63) is 0 Å². The molecule has 0 saturated heterocycles. The number of carboxylic acid groups (broad SMARTS) is 2. The minimum atomic E-state index is -0.643. The molecule has 2 N–H and O–H groups in total. The molecule has 0 aliphatic heterocycles. The van der Waals surface area contributed by atoms with Gasteiger partial charge in [-0.1, -0.05) is 53.4 Å². The second-order valence-corrected chi connectivity index (χ2v) is 5.17. The number of aliphatic carboxylic acids is 2. The van der Waals surface area contributed by atoms with Gasteiger partial charge in [-0.2, -0.15) is 0 Å². The molecule has 0 aliphatic rings. The molecule has 0 aromatic carbocycles. The molecule has 0 aliphatic carbocycles. The Morgan fingerprint density at radius 3 is 1.19 bits per heavy atom. The Morgan fingerprint density at radius 2 is 1.05 bits per heavy atom. The average Bonchev–Trinajstić information content (AvgIpc) is 2.40. The molecule has 0 fully saturated rings. The number of rotatable bonds is 10. The fourth-order valence-electron chi connectivity index (χ4n) is 1.91. The zero-order valence-corrected chi connectivity index (χ0v) is 16.9. The Bertz CT molecular complexity index is 231. The van der Waals surface area contributed by atoms with Crippen molar-refractivity contribution in [2.75, 3.05) is 0 Å². The van der Waals surface area contributed by atoms with Crippen molar-refractivity contribution in [2.45, 2.75) is 79.1 Å². The SMILES string of the molecule is CCCCC(CC)C(=O)O.CCCCC(CC)C(=O)O.[Sn]. The fourth-order valence-corrected chi connectivity index (χ4v) is 1.91. The third-order valence-corrected chi connectivity index (χ3v) is 3.50. The summed E-state index contributed by atoms with van der Waals surface area (Å²) in [7, 11) is 0. The van der Waals surface area contributed by atoms with E-state index in [1.54, 1.807) is 0 Å². The van der Waals surface area contributed by atoms with Crippen molar-refractivity contribution in [2.24, 2.45) is 11.8 Å². The summed E-state index contributed by atoms with van der Waals surface area (Å²) in [5.41, 5.74) is 0. The predicted molar refractivity (Wildman–Crippen MR) is 87.6 cm³/mol. The normalized spacial score (nSPS) is 12.4. The summed E-state index contributed by atoms with van der Waals surface area (Å²) in [4.78, 5) is 20.9. The van der Waals surface area contributed by atoms with Crippen LogP contribution in [0.5, 0.6) is 0 Å². The topological polar surface area (TPSA) is 74.6 Å². The molecule has 4 radical (unpaired) electrons. The molecule has 0 heterocycles. The van der Waals surface area contributed by atoms with Gasteiger partial charge in [-0.05, 0) is 25.7 Å². The van der Waals surface area contributed by atoms with Gasteiger partial charge < -0.3 is 10.2 Å². The average molecular weight is 407 g/mol. The summed E-state index contributed by atoms with van der Waals surface area (Å²) < 4.78 is 0. The number of unbranched alkanes of at least 4 members (excludes halogenated alkanes) is 2. The maximum Gasteiger partial charge on any atom is 0.306 e. The van der Waals surface area contributed by atoms with Crippen LogP contribution in [-0.4, -0.2) is 46.1 Å². The van der Waals surface area contributed by atoms with Crippen molar-refractivity contribution in [3.63, 3.8) is 0 Å². The van der Waals surface area contributed by atoms with Crippen LogP contribution in [0.2, 0.25) is 0 Å². The first-order valence-corrected chi connectivity index (χ1v) is 7.89. The van der Waals surface area contributed by atoms with Gasteiger partial charge in [0.1, 0.15) is 0 Å². The van der Waals surface area contributed by atoms with Gasteiger partial charge in [0.2, 0.25) is 0 Å². The van der Waals surface area contributed by atoms with Crippen molar-refractivity contribution >= 4 is 35.8 Å². The van der Waals surface area contributed by atoms with E-state index in [1.165, 1.54) is 0 Å². The van der Waals surface area contributed by atoms with E-state index >= 15 is 0 Å². The molecule has 21 heavy (non-hydrogen) atoms. The fraction of sp³-hybridized carbons (Fsp3) is 0.875. The molecule has 2 atom stereocenters. The molecular formula is C16H32O4Sn. The van der Waals surface area contributed by atoms with Crippen molar-refractivity contribution in [1.82, 2.24) is 0 Å². The molecule has 0 aromatic rings. The number of hydrogen-bond acceptors (Lipinski definition) is 2. The number of carboxylic acids is 2. The van der Waals surface area contributed by atoms with E-state index in [9.17, 15) is 9.59 Å². The quantitative estimate of drug-likeness (QED) is 0.533. The second kappa shape index (κ2) is 17.8. The standard InChI is InChI=1S/2C8H16O2.Sn/c2*1-3-5-6-7(4-2)8(9)10;/h2*7H,3-6H2,1-2H3,(H,9,10);. The summed E-state index contributed by atoms with van der Waals surface area (Å²) in [6, 6.07) is 0. The van der Waals surface area contributed by atoms with Gasteiger partial charge in [0.15, 0.2) is 0 Å². The van der Waals surface area contributed by atoms with Crippen LogP contribution in [0.15, 0.2) is 0 Å². The molecule has 0 bridgehead atoms. The Labute approximate surface area is 146 Å². The minimum absolute atomic E-state index is 0. The Balaban J connectivity index is -0.000000295. The smallest absolute Gasteiger partial charge is 0.306 e. The zero-order valence-electron chi connectivity index (χ0n) is 14.0. The zero-order chi connectivity index (χ0) is 16.0. The molecule has 0 spiro atoms. The molecular weight excluding hydrogens is 375 g/mol. The molecule has 0 amide bonds. The Morgan fingerprint density at radius 1 is 0.762 bits per heavy atom. The Hall–Kier alpha value is -0.261. The van der Waals surface area contributed by atoms with Crippen LogP contribution in [0.4, 0.5) is 0 Å². The molecule has 4 nitrogen and oxygen atoms in total. The van der Waals surface area contributed by atoms with E-state index in [0.29, 0.717) is 0 Å². The third-order valence-electron chi connectivity index (χ3n) is 3.50. The van der Waals surface area contributed by atoms with Crippen LogP contribution in [0, 0.1) is 11.8 Å². The third kappa shape index (κ3) is 15.9. The molecule has 2 unspecified atom stereocenters. The summed E-state index contributed by atoms with van der Waals surface area (Å²) in [6.07, 6.45) is 7.43. The van der Waals surface area contributed by atoms with Crippen molar-refractivity contribution < 1.29 is 19.8 Å². The van der Waals surface area contributed by atoms with Crippen molar-refractivity contribution in [3.8, 4) is 0 Å². The van der Waals surface area contributed by atoms with Crippen LogP contribution < -0.4 is 0 Å². The molecule has 0 rings (SSSR count). The molecule has 0 aromatic heterocycles. The largest absolute Gasteiger partial charge is 0.481 e. The Kier molecular flexibility index (Phi) is 21.8. The summed E-state index contributed by atoms with van der Waals surface area (Å²) in [5.74, 6) is -1.51. The molecule has 0 saturated carbocycles. The molecule has 5 heteroatoms. The van der Waals surface area contributed by atoms with E-state index in [-0.39, 0.29) is 35.7 Å². The van der Waals surface area contributed by atoms with Gasteiger partial charge in [0.05, 0.1) is 11.8 Å². The first kappa shape index (κ1) is 25.7. The van der Waals surface area contributed by atoms with Gasteiger partial charge in [-0.3, -0.25) is 9.59 Å². The summed E-state index contributed by atoms with van der Waals surface area (Å²) in [6.45, 7) is 8.01. The van der Waals surface area contributed by atoms with Gasteiger partial charge in [-0.15, -0.1) is 0 Å². The predicted octanol–water partition coefficient (Wildman–Crippen LogP) is 4.19. The van der Waals surface area contributed by atoms with E-state index in [1.807, 2.05) is 13.8 Å². The summed E-state index contributed by atoms with van der Waals surface area (Å²) in [5, 5.41) is 17.2. The maximum atomic E-state index is 10.4. The monoisotopic (exact) mass is 408 g/mol. The second-order valence-electron chi connectivity index (χ2n) is 5.17. The summed E-state index contributed by atoms with van der Waals surface area (Å²) >= 11 is 0. The first-order chi connectivity index (χ1) is 9.44. The van der Waals surface area contributed by atoms with Gasteiger partial charge in [-0.25, -0.2) is 0 Å². The molecule has 124 valence electrons. The number of carbonyl (C=O) groups is 2. The first-order valence-electron chi connectivity index (χ1n) is 7.89. The van der Waals surface area contributed by atoms with Gasteiger partial charge in [0, 0.05) is 23.9 Å². The van der Waals surface area contributed by atoms with E-state index in [4.69, 9.17) is 10.2 Å². The van der Waals surface area contributed by atoms with Gasteiger partial charge in [0.25, 0.3) is 0 Å². The van der Waals surface area contributed by atoms with Crippen LogP contribution in [0.3, 0.4) is 0 Å². The maximum absolute atomic E-state index is 10.4. The van der Waals surface area contributed by atoms with E-state index in [0.717, 1.165) is 51.4 Å².